The van der Waals surface area contributed by atoms with Crippen molar-refractivity contribution in [2.75, 3.05) is 5.73 Å². The highest BCUT2D eigenvalue weighted by atomic mass is 19.4. The van der Waals surface area contributed by atoms with Crippen molar-refractivity contribution in [1.29, 1.82) is 0 Å². The number of nitrogen functional groups attached to an aromatic ring is 1. The molecule has 0 aliphatic heterocycles. The van der Waals surface area contributed by atoms with Gasteiger partial charge in [-0.1, -0.05) is 0 Å². The molecule has 1 rings (SSSR count). The first-order valence-corrected chi connectivity index (χ1v) is 3.03. The molecule has 0 heterocycles. The first-order valence-electron chi connectivity index (χ1n) is 3.03. The minimum absolute atomic E-state index is 0.108. The summed E-state index contributed by atoms with van der Waals surface area (Å²) < 4.78 is 48.3. The van der Waals surface area contributed by atoms with Gasteiger partial charge in [-0.15, -0.1) is 0 Å². The third-order valence-corrected chi connectivity index (χ3v) is 1.30. The Morgan fingerprint density at radius 3 is 2.17 bits per heavy atom. The van der Waals surface area contributed by atoms with Gasteiger partial charge in [-0.3, -0.25) is 0 Å². The van der Waals surface area contributed by atoms with E-state index < -0.39 is 17.6 Å². The summed E-state index contributed by atoms with van der Waals surface area (Å²) in [6.45, 7) is 0. The lowest BCUT2D eigenvalue weighted by Crippen LogP contribution is -2.08. The van der Waals surface area contributed by atoms with Crippen molar-refractivity contribution in [2.24, 2.45) is 0 Å². The number of nitrogens with two attached hydrogens (primary N) is 1. The summed E-state index contributed by atoms with van der Waals surface area (Å²) in [5.74, 6) is -1.31. The molecular formula is C7H5F4N. The highest BCUT2D eigenvalue weighted by molar-refractivity contribution is 5.42. The number of halogens is 4. The molecule has 0 aliphatic rings. The molecule has 0 aliphatic carbocycles. The van der Waals surface area contributed by atoms with Crippen LogP contribution in [-0.4, -0.2) is 0 Å². The lowest BCUT2D eigenvalue weighted by atomic mass is 10.2. The maximum absolute atomic E-state index is 12.5. The summed E-state index contributed by atoms with van der Waals surface area (Å²) in [6, 6.07) is 2.33. The van der Waals surface area contributed by atoms with Gasteiger partial charge in [0.1, 0.15) is 5.82 Å². The van der Waals surface area contributed by atoms with Crippen LogP contribution < -0.4 is 5.73 Å². The second-order valence-corrected chi connectivity index (χ2v) is 2.24. The Hall–Kier alpha value is -1.26. The minimum atomic E-state index is -4.68. The van der Waals surface area contributed by atoms with Crippen molar-refractivity contribution in [3.8, 4) is 0 Å². The van der Waals surface area contributed by atoms with Gasteiger partial charge < -0.3 is 5.73 Å². The molecule has 0 spiro atoms. The molecule has 0 amide bonds. The quantitative estimate of drug-likeness (QED) is 0.479. The van der Waals surface area contributed by atoms with Crippen LogP contribution in [-0.2, 0) is 6.18 Å². The predicted octanol–water partition coefficient (Wildman–Crippen LogP) is 2.43. The van der Waals surface area contributed by atoms with E-state index in [4.69, 9.17) is 5.73 Å². The molecular weight excluding hydrogens is 173 g/mol. The molecule has 0 unspecified atom stereocenters. The SMILES string of the molecule is Nc1ccc([18F])c(C(F)(F)F)c1. The van der Waals surface area contributed by atoms with Gasteiger partial charge in [0, 0.05) is 5.69 Å². The summed E-state index contributed by atoms with van der Waals surface area (Å²) >= 11 is 0. The fourth-order valence-corrected chi connectivity index (χ4v) is 0.760. The first kappa shape index (κ1) is 8.83. The molecule has 0 atom stereocenters. The smallest absolute Gasteiger partial charge is 0.399 e. The van der Waals surface area contributed by atoms with Crippen LogP contribution in [0.2, 0.25) is 0 Å². The Labute approximate surface area is 65.8 Å². The molecule has 1 aromatic carbocycles. The van der Waals surface area contributed by atoms with Crippen LogP contribution in [0.15, 0.2) is 18.2 Å². The van der Waals surface area contributed by atoms with Crippen molar-refractivity contribution in [3.05, 3.63) is 29.6 Å². The van der Waals surface area contributed by atoms with Gasteiger partial charge in [0.2, 0.25) is 0 Å². The molecule has 0 radical (unpaired) electrons. The summed E-state index contributed by atoms with van der Waals surface area (Å²) in [6.07, 6.45) is -4.68. The number of hydrogen-bond acceptors (Lipinski definition) is 1. The predicted molar refractivity (Wildman–Crippen MR) is 35.8 cm³/mol. The molecule has 1 aromatic rings. The average molecular weight is 178 g/mol. The zero-order valence-electron chi connectivity index (χ0n) is 5.82. The van der Waals surface area contributed by atoms with Crippen molar-refractivity contribution in [3.63, 3.8) is 0 Å². The van der Waals surface area contributed by atoms with Crippen LogP contribution in [0.25, 0.3) is 0 Å². The van der Waals surface area contributed by atoms with E-state index in [9.17, 15) is 17.6 Å². The van der Waals surface area contributed by atoms with Crippen molar-refractivity contribution < 1.29 is 17.6 Å². The zero-order valence-corrected chi connectivity index (χ0v) is 5.82. The van der Waals surface area contributed by atoms with E-state index in [-0.39, 0.29) is 5.69 Å². The molecule has 0 aromatic heterocycles. The molecule has 0 fully saturated rings. The minimum Gasteiger partial charge on any atom is -0.399 e. The topological polar surface area (TPSA) is 26.0 Å². The number of rotatable bonds is 0. The van der Waals surface area contributed by atoms with Gasteiger partial charge in [-0.05, 0) is 18.2 Å². The van der Waals surface area contributed by atoms with E-state index in [1.54, 1.807) is 0 Å². The average Bonchev–Trinajstić information content (AvgIpc) is 1.92. The van der Waals surface area contributed by atoms with Gasteiger partial charge in [-0.25, -0.2) is 4.39 Å². The molecule has 0 bridgehead atoms. The Morgan fingerprint density at radius 2 is 1.75 bits per heavy atom. The largest absolute Gasteiger partial charge is 0.419 e. The fraction of sp³-hybridized carbons (Fsp3) is 0.143. The van der Waals surface area contributed by atoms with Crippen LogP contribution in [0, 0.1) is 5.82 Å². The van der Waals surface area contributed by atoms with E-state index in [0.717, 1.165) is 6.07 Å². The lowest BCUT2D eigenvalue weighted by Gasteiger charge is -2.07. The van der Waals surface area contributed by atoms with Gasteiger partial charge in [0.25, 0.3) is 0 Å². The van der Waals surface area contributed by atoms with Crippen molar-refractivity contribution in [2.45, 2.75) is 6.18 Å². The van der Waals surface area contributed by atoms with Gasteiger partial charge in [0.05, 0.1) is 5.56 Å². The Bertz CT molecular complexity index is 292. The standard InChI is InChI=1S/C7H5F4N/c8-6-2-1-4(12)3-5(6)7(9,10)11/h1-3H,12H2/i8-1. The fourth-order valence-electron chi connectivity index (χ4n) is 0.760. The molecule has 1 nitrogen and oxygen atoms in total. The van der Waals surface area contributed by atoms with Crippen molar-refractivity contribution >= 4 is 5.69 Å². The van der Waals surface area contributed by atoms with Crippen LogP contribution >= 0.6 is 0 Å². The summed E-state index contributed by atoms with van der Waals surface area (Å²) in [4.78, 5) is 0. The highest BCUT2D eigenvalue weighted by Crippen LogP contribution is 2.32. The van der Waals surface area contributed by atoms with Crippen LogP contribution in [0.5, 0.6) is 0 Å². The summed E-state index contributed by atoms with van der Waals surface area (Å²) in [5, 5.41) is 0. The molecule has 2 N–H and O–H groups in total. The molecule has 0 saturated heterocycles. The molecule has 66 valence electrons. The number of hydrogen-bond donors (Lipinski definition) is 1. The zero-order chi connectivity index (χ0) is 9.35. The lowest BCUT2D eigenvalue weighted by molar-refractivity contribution is -0.139. The number of anilines is 1. The second-order valence-electron chi connectivity index (χ2n) is 2.24. The number of alkyl halides is 3. The van der Waals surface area contributed by atoms with E-state index >= 15 is 0 Å². The van der Waals surface area contributed by atoms with Crippen molar-refractivity contribution in [1.82, 2.24) is 0 Å². The van der Waals surface area contributed by atoms with Gasteiger partial charge in [0.15, 0.2) is 0 Å². The summed E-state index contributed by atoms with van der Waals surface area (Å²) in [7, 11) is 0. The summed E-state index contributed by atoms with van der Waals surface area (Å²) in [5.41, 5.74) is 3.62. The van der Waals surface area contributed by atoms with Gasteiger partial charge in [-0.2, -0.15) is 13.2 Å². The Morgan fingerprint density at radius 1 is 1.17 bits per heavy atom. The maximum atomic E-state index is 12.5. The normalized spacial score (nSPS) is 11.7. The number of benzene rings is 1. The van der Waals surface area contributed by atoms with Gasteiger partial charge >= 0.3 is 6.18 Å². The third-order valence-electron chi connectivity index (χ3n) is 1.30. The van der Waals surface area contributed by atoms with E-state index in [0.29, 0.717) is 12.1 Å². The molecule has 0 saturated carbocycles. The monoisotopic (exact) mass is 178 g/mol. The Balaban J connectivity index is 3.23. The molecule has 12 heavy (non-hydrogen) atoms. The van der Waals surface area contributed by atoms with E-state index in [2.05, 4.69) is 0 Å². The van der Waals surface area contributed by atoms with E-state index in [1.165, 1.54) is 0 Å². The van der Waals surface area contributed by atoms with Crippen LogP contribution in [0.4, 0.5) is 23.2 Å². The Kier molecular flexibility index (Phi) is 1.95. The first-order chi connectivity index (χ1) is 5.41. The maximum Gasteiger partial charge on any atom is 0.419 e. The van der Waals surface area contributed by atoms with E-state index in [1.807, 2.05) is 0 Å². The third kappa shape index (κ3) is 1.66. The highest BCUT2D eigenvalue weighted by Gasteiger charge is 2.33. The van der Waals surface area contributed by atoms with Crippen LogP contribution in [0.3, 0.4) is 0 Å². The van der Waals surface area contributed by atoms with Crippen LogP contribution in [0.1, 0.15) is 5.56 Å². The second kappa shape index (κ2) is 2.66. The molecule has 5 heteroatoms.